The van der Waals surface area contributed by atoms with Crippen LogP contribution >= 0.6 is 0 Å². The van der Waals surface area contributed by atoms with Gasteiger partial charge in [-0.05, 0) is 63.3 Å². The fourth-order valence-corrected chi connectivity index (χ4v) is 5.86. The second-order valence-electron chi connectivity index (χ2n) is 6.33. The van der Waals surface area contributed by atoms with Gasteiger partial charge in [-0.25, -0.2) is 8.42 Å². The minimum atomic E-state index is -3.28. The van der Waals surface area contributed by atoms with Crippen molar-refractivity contribution in [2.75, 3.05) is 7.05 Å². The van der Waals surface area contributed by atoms with Crippen molar-refractivity contribution in [2.45, 2.75) is 62.6 Å². The summed E-state index contributed by atoms with van der Waals surface area (Å²) in [5, 5.41) is 2.93. The molecule has 4 heteroatoms. The number of aryl methyl sites for hydroxylation is 2. The van der Waals surface area contributed by atoms with Crippen molar-refractivity contribution in [3.63, 3.8) is 0 Å². The van der Waals surface area contributed by atoms with Gasteiger partial charge in [-0.2, -0.15) is 0 Å². The number of rotatable bonds is 4. The molecule has 21 heavy (non-hydrogen) atoms. The van der Waals surface area contributed by atoms with Crippen molar-refractivity contribution in [3.05, 3.63) is 29.3 Å². The molecule has 1 aliphatic carbocycles. The van der Waals surface area contributed by atoms with Crippen molar-refractivity contribution in [1.82, 2.24) is 5.32 Å². The van der Waals surface area contributed by atoms with E-state index in [1.807, 2.05) is 39.1 Å². The summed E-state index contributed by atoms with van der Waals surface area (Å²) in [4.78, 5) is 0.518. The molecule has 2 rings (SSSR count). The van der Waals surface area contributed by atoms with Crippen LogP contribution in [0, 0.1) is 19.8 Å². The van der Waals surface area contributed by atoms with Crippen LogP contribution in [0.3, 0.4) is 0 Å². The minimum absolute atomic E-state index is 0.0673. The lowest BCUT2D eigenvalue weighted by molar-refractivity contribution is 0.296. The maximum Gasteiger partial charge on any atom is 0.183 e. The zero-order valence-corrected chi connectivity index (χ0v) is 14.3. The Kier molecular flexibility index (Phi) is 5.10. The SMILES string of the molecule is CCC1CCC(NC)C(S(=O)(=O)c2cc(C)ccc2C)C1. The zero-order chi connectivity index (χ0) is 15.6. The summed E-state index contributed by atoms with van der Waals surface area (Å²) in [6.07, 6.45) is 3.91. The highest BCUT2D eigenvalue weighted by Crippen LogP contribution is 2.34. The Morgan fingerprint density at radius 3 is 2.57 bits per heavy atom. The van der Waals surface area contributed by atoms with E-state index >= 15 is 0 Å². The lowest BCUT2D eigenvalue weighted by Crippen LogP contribution is -2.46. The fraction of sp³-hybridized carbons (Fsp3) is 0.647. The molecule has 0 heterocycles. The molecule has 0 spiro atoms. The van der Waals surface area contributed by atoms with Crippen LogP contribution < -0.4 is 5.32 Å². The second-order valence-corrected chi connectivity index (χ2v) is 8.47. The molecule has 0 aliphatic heterocycles. The predicted octanol–water partition coefficient (Wildman–Crippen LogP) is 3.24. The van der Waals surface area contributed by atoms with Crippen LogP contribution in [0.5, 0.6) is 0 Å². The van der Waals surface area contributed by atoms with E-state index in [0.29, 0.717) is 10.8 Å². The molecule has 0 bridgehead atoms. The molecule has 118 valence electrons. The highest BCUT2D eigenvalue weighted by molar-refractivity contribution is 7.92. The summed E-state index contributed by atoms with van der Waals surface area (Å²) >= 11 is 0. The maximum absolute atomic E-state index is 13.2. The van der Waals surface area contributed by atoms with Crippen molar-refractivity contribution < 1.29 is 8.42 Å². The average Bonchev–Trinajstić information content (AvgIpc) is 2.48. The molecule has 3 nitrogen and oxygen atoms in total. The van der Waals surface area contributed by atoms with Gasteiger partial charge in [0.1, 0.15) is 0 Å². The lowest BCUT2D eigenvalue weighted by atomic mass is 9.84. The number of hydrogen-bond donors (Lipinski definition) is 1. The summed E-state index contributed by atoms with van der Waals surface area (Å²) in [6, 6.07) is 5.78. The second kappa shape index (κ2) is 6.49. The van der Waals surface area contributed by atoms with Crippen LogP contribution in [0.15, 0.2) is 23.1 Å². The molecule has 0 saturated heterocycles. The molecule has 1 N–H and O–H groups in total. The summed E-state index contributed by atoms with van der Waals surface area (Å²) < 4.78 is 26.3. The molecule has 0 radical (unpaired) electrons. The Morgan fingerprint density at radius 2 is 1.95 bits per heavy atom. The summed E-state index contributed by atoms with van der Waals surface area (Å²) in [5.74, 6) is 0.527. The molecule has 1 aliphatic rings. The lowest BCUT2D eigenvalue weighted by Gasteiger charge is -2.35. The van der Waals surface area contributed by atoms with Crippen molar-refractivity contribution in [1.29, 1.82) is 0 Å². The molecule has 1 saturated carbocycles. The van der Waals surface area contributed by atoms with E-state index in [9.17, 15) is 8.42 Å². The molecule has 3 unspecified atom stereocenters. The van der Waals surface area contributed by atoms with Gasteiger partial charge >= 0.3 is 0 Å². The Morgan fingerprint density at radius 1 is 1.24 bits per heavy atom. The van der Waals surface area contributed by atoms with Crippen molar-refractivity contribution in [3.8, 4) is 0 Å². The smallest absolute Gasteiger partial charge is 0.183 e. The predicted molar refractivity (Wildman–Crippen MR) is 87.4 cm³/mol. The first-order chi connectivity index (χ1) is 9.90. The first-order valence-electron chi connectivity index (χ1n) is 7.88. The molecule has 0 aromatic heterocycles. The van der Waals surface area contributed by atoms with E-state index in [2.05, 4.69) is 12.2 Å². The molecule has 1 aromatic carbocycles. The van der Waals surface area contributed by atoms with Crippen LogP contribution in [-0.2, 0) is 9.84 Å². The van der Waals surface area contributed by atoms with Gasteiger partial charge in [-0.1, -0.05) is 25.5 Å². The topological polar surface area (TPSA) is 46.2 Å². The van der Waals surface area contributed by atoms with Crippen molar-refractivity contribution >= 4 is 9.84 Å². The normalized spacial score (nSPS) is 26.8. The monoisotopic (exact) mass is 309 g/mol. The van der Waals surface area contributed by atoms with E-state index in [1.165, 1.54) is 0 Å². The summed E-state index contributed by atoms with van der Waals surface area (Å²) in [7, 11) is -1.40. The van der Waals surface area contributed by atoms with Crippen LogP contribution in [0.25, 0.3) is 0 Å². The number of benzene rings is 1. The highest BCUT2D eigenvalue weighted by atomic mass is 32.2. The highest BCUT2D eigenvalue weighted by Gasteiger charge is 2.39. The standard InChI is InChI=1S/C17H27NO2S/c1-5-14-8-9-15(18-4)17(11-14)21(19,20)16-10-12(2)6-7-13(16)3/h6-7,10,14-15,17-18H,5,8-9,11H2,1-4H3. The summed E-state index contributed by atoms with van der Waals surface area (Å²) in [6.45, 7) is 6.00. The average molecular weight is 309 g/mol. The fourth-order valence-electron chi connectivity index (χ4n) is 3.43. The first kappa shape index (κ1) is 16.5. The maximum atomic E-state index is 13.2. The van der Waals surface area contributed by atoms with E-state index < -0.39 is 9.84 Å². The van der Waals surface area contributed by atoms with E-state index in [0.717, 1.165) is 36.8 Å². The molecular weight excluding hydrogens is 282 g/mol. The van der Waals surface area contributed by atoms with Crippen LogP contribution in [0.4, 0.5) is 0 Å². The van der Waals surface area contributed by atoms with Gasteiger partial charge in [0.15, 0.2) is 9.84 Å². The molecule has 1 fully saturated rings. The van der Waals surface area contributed by atoms with Gasteiger partial charge in [-0.3, -0.25) is 0 Å². The van der Waals surface area contributed by atoms with Crippen LogP contribution in [0.1, 0.15) is 43.7 Å². The minimum Gasteiger partial charge on any atom is -0.316 e. The number of sulfone groups is 1. The Labute approximate surface area is 129 Å². The molecule has 3 atom stereocenters. The van der Waals surface area contributed by atoms with Gasteiger partial charge in [-0.15, -0.1) is 0 Å². The van der Waals surface area contributed by atoms with E-state index in [4.69, 9.17) is 0 Å². The van der Waals surface area contributed by atoms with Gasteiger partial charge in [0.2, 0.25) is 0 Å². The van der Waals surface area contributed by atoms with Gasteiger partial charge in [0.05, 0.1) is 10.1 Å². The van der Waals surface area contributed by atoms with Crippen LogP contribution in [-0.4, -0.2) is 26.8 Å². The molecule has 1 aromatic rings. The molecule has 0 amide bonds. The Hall–Kier alpha value is -0.870. The zero-order valence-electron chi connectivity index (χ0n) is 13.5. The van der Waals surface area contributed by atoms with Gasteiger partial charge < -0.3 is 5.32 Å². The summed E-state index contributed by atoms with van der Waals surface area (Å²) in [5.41, 5.74) is 1.86. The van der Waals surface area contributed by atoms with E-state index in [-0.39, 0.29) is 11.3 Å². The number of nitrogens with one attached hydrogen (secondary N) is 1. The third kappa shape index (κ3) is 3.32. The van der Waals surface area contributed by atoms with Gasteiger partial charge in [0.25, 0.3) is 0 Å². The third-order valence-electron chi connectivity index (χ3n) is 4.90. The third-order valence-corrected chi connectivity index (χ3v) is 7.27. The Balaban J connectivity index is 2.42. The first-order valence-corrected chi connectivity index (χ1v) is 9.43. The molecular formula is C17H27NO2S. The van der Waals surface area contributed by atoms with Crippen LogP contribution in [0.2, 0.25) is 0 Å². The largest absolute Gasteiger partial charge is 0.316 e. The van der Waals surface area contributed by atoms with Crippen molar-refractivity contribution in [2.24, 2.45) is 5.92 Å². The quantitative estimate of drug-likeness (QED) is 0.928. The number of hydrogen-bond acceptors (Lipinski definition) is 3. The van der Waals surface area contributed by atoms with E-state index in [1.54, 1.807) is 0 Å². The Bertz CT molecular complexity index is 595. The van der Waals surface area contributed by atoms with Gasteiger partial charge in [0, 0.05) is 6.04 Å².